The highest BCUT2D eigenvalue weighted by molar-refractivity contribution is 5.62. The molecule has 0 aromatic carbocycles. The van der Waals surface area contributed by atoms with Crippen LogP contribution < -0.4 is 0 Å². The summed E-state index contributed by atoms with van der Waals surface area (Å²) in [6.45, 7) is 6.34. The van der Waals surface area contributed by atoms with Gasteiger partial charge in [-0.25, -0.2) is 4.98 Å². The normalized spacial score (nSPS) is 11.5. The highest BCUT2D eigenvalue weighted by Gasteiger charge is 2.15. The molecule has 0 saturated heterocycles. The van der Waals surface area contributed by atoms with Crippen molar-refractivity contribution < 1.29 is 4.39 Å². The Morgan fingerprint density at radius 2 is 1.76 bits per heavy atom. The van der Waals surface area contributed by atoms with E-state index in [0.29, 0.717) is 0 Å². The summed E-state index contributed by atoms with van der Waals surface area (Å²) >= 11 is 0. The molecule has 0 aliphatic rings. The molecule has 2 heterocycles. The highest BCUT2D eigenvalue weighted by atomic mass is 19.1. The third kappa shape index (κ3) is 2.67. The maximum atomic E-state index is 12.7. The van der Waals surface area contributed by atoms with Gasteiger partial charge in [-0.15, -0.1) is 0 Å². The van der Waals surface area contributed by atoms with Gasteiger partial charge in [0.25, 0.3) is 0 Å². The minimum atomic E-state index is -0.459. The molecule has 0 atom stereocenters. The summed E-state index contributed by atoms with van der Waals surface area (Å²) in [5, 5.41) is 0. The first-order chi connectivity index (χ1) is 7.97. The minimum Gasteiger partial charge on any atom is -0.261 e. The van der Waals surface area contributed by atoms with Crippen LogP contribution in [0.5, 0.6) is 0 Å². The van der Waals surface area contributed by atoms with Crippen molar-refractivity contribution in [3.05, 3.63) is 48.3 Å². The zero-order chi connectivity index (χ0) is 12.5. The average molecular weight is 230 g/mol. The Labute approximate surface area is 101 Å². The Balaban J connectivity index is 2.43. The van der Waals surface area contributed by atoms with Gasteiger partial charge in [0, 0.05) is 29.1 Å². The van der Waals surface area contributed by atoms with Gasteiger partial charge >= 0.3 is 0 Å². The fraction of sp³-hybridized carbons (Fsp3) is 0.286. The van der Waals surface area contributed by atoms with Crippen molar-refractivity contribution in [1.82, 2.24) is 9.97 Å². The SMILES string of the molecule is CC(C)(C)c1cc(-c2ccc(F)nc2)ccn1. The Kier molecular flexibility index (Phi) is 2.92. The standard InChI is InChI=1S/C14H15FN2/c1-14(2,3)12-8-10(6-7-16-12)11-4-5-13(15)17-9-11/h4-9H,1-3H3. The quantitative estimate of drug-likeness (QED) is 0.700. The monoisotopic (exact) mass is 230 g/mol. The summed E-state index contributed by atoms with van der Waals surface area (Å²) in [6.07, 6.45) is 3.32. The number of aromatic nitrogens is 2. The molecule has 88 valence electrons. The van der Waals surface area contributed by atoms with E-state index in [1.807, 2.05) is 12.1 Å². The predicted octanol–water partition coefficient (Wildman–Crippen LogP) is 3.58. The Morgan fingerprint density at radius 1 is 1.00 bits per heavy atom. The molecule has 0 unspecified atom stereocenters. The first-order valence-electron chi connectivity index (χ1n) is 5.55. The third-order valence-corrected chi connectivity index (χ3v) is 2.59. The average Bonchev–Trinajstić information content (AvgIpc) is 2.29. The fourth-order valence-corrected chi connectivity index (χ4v) is 1.57. The highest BCUT2D eigenvalue weighted by Crippen LogP contribution is 2.25. The molecule has 0 radical (unpaired) electrons. The number of halogens is 1. The number of hydrogen-bond donors (Lipinski definition) is 0. The van der Waals surface area contributed by atoms with Crippen LogP contribution in [0.25, 0.3) is 11.1 Å². The lowest BCUT2D eigenvalue weighted by Crippen LogP contribution is -2.13. The lowest BCUT2D eigenvalue weighted by molar-refractivity contribution is 0.569. The lowest BCUT2D eigenvalue weighted by atomic mass is 9.90. The van der Waals surface area contributed by atoms with Gasteiger partial charge in [0.15, 0.2) is 0 Å². The maximum Gasteiger partial charge on any atom is 0.212 e. The van der Waals surface area contributed by atoms with Crippen LogP contribution in [0.1, 0.15) is 26.5 Å². The second-order valence-electron chi connectivity index (χ2n) is 5.05. The zero-order valence-corrected chi connectivity index (χ0v) is 10.2. The molecule has 0 aliphatic carbocycles. The summed E-state index contributed by atoms with van der Waals surface area (Å²) in [7, 11) is 0. The van der Waals surface area contributed by atoms with E-state index in [-0.39, 0.29) is 5.41 Å². The van der Waals surface area contributed by atoms with Gasteiger partial charge in [-0.2, -0.15) is 4.39 Å². The Bertz CT molecular complexity index is 512. The molecule has 0 spiro atoms. The molecule has 2 rings (SSSR count). The number of pyridine rings is 2. The van der Waals surface area contributed by atoms with E-state index in [1.165, 1.54) is 12.3 Å². The van der Waals surface area contributed by atoms with Crippen LogP contribution in [0.3, 0.4) is 0 Å². The molecular formula is C14H15FN2. The summed E-state index contributed by atoms with van der Waals surface area (Å²) < 4.78 is 12.7. The van der Waals surface area contributed by atoms with Crippen LogP contribution in [0.4, 0.5) is 4.39 Å². The molecule has 0 aliphatic heterocycles. The van der Waals surface area contributed by atoms with Crippen LogP contribution in [-0.2, 0) is 5.41 Å². The molecule has 2 aromatic heterocycles. The van der Waals surface area contributed by atoms with Crippen molar-refractivity contribution in [2.45, 2.75) is 26.2 Å². The molecular weight excluding hydrogens is 215 g/mol. The van der Waals surface area contributed by atoms with E-state index >= 15 is 0 Å². The Morgan fingerprint density at radius 3 is 2.35 bits per heavy atom. The minimum absolute atomic E-state index is 0.00344. The molecule has 0 saturated carbocycles. The first kappa shape index (κ1) is 11.7. The Hall–Kier alpha value is -1.77. The van der Waals surface area contributed by atoms with E-state index in [2.05, 4.69) is 30.7 Å². The fourth-order valence-electron chi connectivity index (χ4n) is 1.57. The molecule has 2 nitrogen and oxygen atoms in total. The predicted molar refractivity (Wildman–Crippen MR) is 66.1 cm³/mol. The summed E-state index contributed by atoms with van der Waals surface area (Å²) in [6, 6.07) is 7.02. The van der Waals surface area contributed by atoms with Crippen molar-refractivity contribution in [2.24, 2.45) is 0 Å². The largest absolute Gasteiger partial charge is 0.261 e. The van der Waals surface area contributed by atoms with Crippen molar-refractivity contribution >= 4 is 0 Å². The van der Waals surface area contributed by atoms with Gasteiger partial charge in [-0.3, -0.25) is 4.98 Å². The topological polar surface area (TPSA) is 25.8 Å². The van der Waals surface area contributed by atoms with E-state index in [4.69, 9.17) is 0 Å². The number of nitrogens with zero attached hydrogens (tertiary/aromatic N) is 2. The van der Waals surface area contributed by atoms with Gasteiger partial charge in [-0.1, -0.05) is 20.8 Å². The van der Waals surface area contributed by atoms with Crippen LogP contribution in [-0.4, -0.2) is 9.97 Å². The van der Waals surface area contributed by atoms with Crippen molar-refractivity contribution in [2.75, 3.05) is 0 Å². The van der Waals surface area contributed by atoms with Gasteiger partial charge in [0.2, 0.25) is 5.95 Å². The second-order valence-corrected chi connectivity index (χ2v) is 5.05. The molecule has 0 N–H and O–H groups in total. The smallest absolute Gasteiger partial charge is 0.212 e. The molecule has 17 heavy (non-hydrogen) atoms. The first-order valence-corrected chi connectivity index (χ1v) is 5.55. The van der Waals surface area contributed by atoms with Crippen LogP contribution >= 0.6 is 0 Å². The van der Waals surface area contributed by atoms with Gasteiger partial charge < -0.3 is 0 Å². The van der Waals surface area contributed by atoms with Crippen LogP contribution in [0.15, 0.2) is 36.7 Å². The van der Waals surface area contributed by atoms with Crippen molar-refractivity contribution in [3.63, 3.8) is 0 Å². The third-order valence-electron chi connectivity index (χ3n) is 2.59. The summed E-state index contributed by atoms with van der Waals surface area (Å²) in [4.78, 5) is 8.02. The summed E-state index contributed by atoms with van der Waals surface area (Å²) in [5.41, 5.74) is 2.93. The van der Waals surface area contributed by atoms with Crippen molar-refractivity contribution in [3.8, 4) is 11.1 Å². The summed E-state index contributed by atoms with van der Waals surface area (Å²) in [5.74, 6) is -0.459. The van der Waals surface area contributed by atoms with Gasteiger partial charge in [0.1, 0.15) is 0 Å². The molecule has 3 heteroatoms. The molecule has 0 amide bonds. The van der Waals surface area contributed by atoms with E-state index in [0.717, 1.165) is 16.8 Å². The molecule has 2 aromatic rings. The van der Waals surface area contributed by atoms with Crippen LogP contribution in [0.2, 0.25) is 0 Å². The number of rotatable bonds is 1. The van der Waals surface area contributed by atoms with Gasteiger partial charge in [-0.05, 0) is 29.8 Å². The van der Waals surface area contributed by atoms with E-state index < -0.39 is 5.95 Å². The maximum absolute atomic E-state index is 12.7. The number of hydrogen-bond acceptors (Lipinski definition) is 2. The van der Waals surface area contributed by atoms with E-state index in [1.54, 1.807) is 12.3 Å². The zero-order valence-electron chi connectivity index (χ0n) is 10.2. The lowest BCUT2D eigenvalue weighted by Gasteiger charge is -2.18. The second kappa shape index (κ2) is 4.24. The molecule has 0 bridgehead atoms. The van der Waals surface area contributed by atoms with Gasteiger partial charge in [0.05, 0.1) is 0 Å². The molecule has 0 fully saturated rings. The van der Waals surface area contributed by atoms with Crippen molar-refractivity contribution in [1.29, 1.82) is 0 Å². The van der Waals surface area contributed by atoms with Crippen LogP contribution in [0, 0.1) is 5.95 Å². The van der Waals surface area contributed by atoms with E-state index in [9.17, 15) is 4.39 Å².